The summed E-state index contributed by atoms with van der Waals surface area (Å²) in [6.07, 6.45) is -1.43. The molecule has 1 N–H and O–H groups in total. The van der Waals surface area contributed by atoms with Crippen LogP contribution in [0.3, 0.4) is 0 Å². The molecule has 9 heteroatoms. The molecule has 26 heavy (non-hydrogen) atoms. The summed E-state index contributed by atoms with van der Waals surface area (Å²) < 4.78 is 10.2. The normalized spacial score (nSPS) is 16.0. The van der Waals surface area contributed by atoms with Crippen molar-refractivity contribution in [2.45, 2.75) is 39.3 Å². The number of fused-ring (bicyclic) bond motifs is 1. The fraction of sp³-hybridized carbons (Fsp3) is 0.529. The van der Waals surface area contributed by atoms with Gasteiger partial charge < -0.3 is 19.7 Å². The van der Waals surface area contributed by atoms with E-state index in [1.165, 1.54) is 0 Å². The van der Waals surface area contributed by atoms with E-state index >= 15 is 0 Å². The summed E-state index contributed by atoms with van der Waals surface area (Å²) in [4.78, 5) is 44.4. The lowest BCUT2D eigenvalue weighted by Crippen LogP contribution is -2.53. The minimum atomic E-state index is -1.10. The molecule has 0 aliphatic carbocycles. The number of esters is 1. The third-order valence-electron chi connectivity index (χ3n) is 3.62. The van der Waals surface area contributed by atoms with Gasteiger partial charge in [0.2, 0.25) is 5.91 Å². The topological polar surface area (TPSA) is 101 Å². The molecule has 1 aliphatic heterocycles. The summed E-state index contributed by atoms with van der Waals surface area (Å²) in [7, 11) is 3.62. The molecule has 0 saturated heterocycles. The van der Waals surface area contributed by atoms with E-state index in [1.54, 1.807) is 37.8 Å². The van der Waals surface area contributed by atoms with E-state index < -0.39 is 30.1 Å². The van der Waals surface area contributed by atoms with Crippen LogP contribution in [-0.4, -0.2) is 55.8 Å². The lowest BCUT2D eigenvalue weighted by Gasteiger charge is -2.35. The average molecular weight is 364 g/mol. The Bertz CT molecular complexity index is 704. The van der Waals surface area contributed by atoms with Crippen molar-refractivity contribution in [1.82, 2.24) is 4.98 Å². The number of hydrogen-bond donors (Lipinski definition) is 1. The molecule has 0 spiro atoms. The number of anilines is 3. The van der Waals surface area contributed by atoms with E-state index in [0.717, 1.165) is 4.90 Å². The van der Waals surface area contributed by atoms with Gasteiger partial charge in [-0.25, -0.2) is 14.7 Å². The number of hydrogen-bond acceptors (Lipinski definition) is 7. The molecular formula is C17H24N4O5. The van der Waals surface area contributed by atoms with Gasteiger partial charge in [0, 0.05) is 14.1 Å². The molecule has 1 aromatic rings. The summed E-state index contributed by atoms with van der Waals surface area (Å²) in [5.74, 6) is -0.249. The van der Waals surface area contributed by atoms with E-state index in [2.05, 4.69) is 10.3 Å². The third-order valence-corrected chi connectivity index (χ3v) is 3.62. The zero-order chi connectivity index (χ0) is 19.4. The van der Waals surface area contributed by atoms with Gasteiger partial charge in [0.15, 0.2) is 5.82 Å². The van der Waals surface area contributed by atoms with Gasteiger partial charge in [0.05, 0.1) is 24.8 Å². The molecule has 0 fully saturated rings. The largest absolute Gasteiger partial charge is 0.466 e. The van der Waals surface area contributed by atoms with Gasteiger partial charge in [-0.05, 0) is 32.9 Å². The van der Waals surface area contributed by atoms with Gasteiger partial charge in [-0.1, -0.05) is 0 Å². The van der Waals surface area contributed by atoms with E-state index in [9.17, 15) is 14.4 Å². The maximum atomic E-state index is 12.7. The Hall–Kier alpha value is -2.84. The Kier molecular flexibility index (Phi) is 6.01. The molecule has 0 radical (unpaired) electrons. The smallest absolute Gasteiger partial charge is 0.416 e. The lowest BCUT2D eigenvalue weighted by atomic mass is 10.1. The highest BCUT2D eigenvalue weighted by Crippen LogP contribution is 2.34. The predicted molar refractivity (Wildman–Crippen MR) is 96.3 cm³/mol. The number of pyridine rings is 1. The second-order valence-electron chi connectivity index (χ2n) is 6.25. The van der Waals surface area contributed by atoms with Crippen LogP contribution in [0.1, 0.15) is 27.2 Å². The van der Waals surface area contributed by atoms with Gasteiger partial charge in [-0.2, -0.15) is 0 Å². The molecule has 0 aromatic carbocycles. The van der Waals surface area contributed by atoms with Crippen molar-refractivity contribution in [3.8, 4) is 0 Å². The maximum Gasteiger partial charge on any atom is 0.416 e. The minimum absolute atomic E-state index is 0.184. The van der Waals surface area contributed by atoms with Crippen molar-refractivity contribution in [3.05, 3.63) is 12.1 Å². The van der Waals surface area contributed by atoms with Crippen LogP contribution in [0.4, 0.5) is 22.1 Å². The van der Waals surface area contributed by atoms with Crippen LogP contribution in [0.5, 0.6) is 0 Å². The SMILES string of the molecule is CCOC(=O)CC1C(=O)Nc2ccc(N(C)C)nc2N1C(=O)OC(C)C. The molecule has 9 nitrogen and oxygen atoms in total. The Balaban J connectivity index is 2.47. The summed E-state index contributed by atoms with van der Waals surface area (Å²) in [5, 5.41) is 2.68. The second-order valence-corrected chi connectivity index (χ2v) is 6.25. The van der Waals surface area contributed by atoms with Crippen molar-refractivity contribution < 1.29 is 23.9 Å². The van der Waals surface area contributed by atoms with Crippen molar-refractivity contribution in [2.75, 3.05) is 35.8 Å². The highest BCUT2D eigenvalue weighted by atomic mass is 16.6. The molecule has 2 rings (SSSR count). The van der Waals surface area contributed by atoms with E-state index in [1.807, 2.05) is 14.1 Å². The third kappa shape index (κ3) is 4.22. The first-order chi connectivity index (χ1) is 12.2. The fourth-order valence-corrected chi connectivity index (χ4v) is 2.48. The number of nitrogens with zero attached hydrogens (tertiary/aromatic N) is 3. The molecular weight excluding hydrogens is 340 g/mol. The number of nitrogens with one attached hydrogen (secondary N) is 1. The average Bonchev–Trinajstić information content (AvgIpc) is 2.54. The van der Waals surface area contributed by atoms with Crippen LogP contribution >= 0.6 is 0 Å². The zero-order valence-corrected chi connectivity index (χ0v) is 15.6. The predicted octanol–water partition coefficient (Wildman–Crippen LogP) is 1.77. The van der Waals surface area contributed by atoms with Gasteiger partial charge in [0.25, 0.3) is 0 Å². The van der Waals surface area contributed by atoms with Crippen molar-refractivity contribution in [2.24, 2.45) is 0 Å². The van der Waals surface area contributed by atoms with Crippen molar-refractivity contribution in [1.29, 1.82) is 0 Å². The first-order valence-electron chi connectivity index (χ1n) is 8.39. The Labute approximate surface area is 152 Å². The number of ether oxygens (including phenoxy) is 2. The molecule has 1 atom stereocenters. The van der Waals surface area contributed by atoms with Crippen LogP contribution < -0.4 is 15.1 Å². The Morgan fingerprint density at radius 2 is 2.04 bits per heavy atom. The molecule has 1 aliphatic rings. The number of rotatable bonds is 5. The standard InChI is InChI=1S/C17H24N4O5/c1-6-25-14(22)9-12-16(23)18-11-7-8-13(20(4)5)19-15(11)21(12)17(24)26-10(2)3/h7-8,10,12H,6,9H2,1-5H3,(H,18,23). The minimum Gasteiger partial charge on any atom is -0.466 e. The number of carbonyl (C=O) groups is 3. The van der Waals surface area contributed by atoms with Gasteiger partial charge >= 0.3 is 12.1 Å². The Morgan fingerprint density at radius 3 is 2.62 bits per heavy atom. The summed E-state index contributed by atoms with van der Waals surface area (Å²) in [5.41, 5.74) is 0.376. The second kappa shape index (κ2) is 8.03. The summed E-state index contributed by atoms with van der Waals surface area (Å²) in [6.45, 7) is 5.26. The molecule has 142 valence electrons. The van der Waals surface area contributed by atoms with E-state index in [0.29, 0.717) is 11.5 Å². The van der Waals surface area contributed by atoms with Crippen LogP contribution in [-0.2, 0) is 19.1 Å². The quantitative estimate of drug-likeness (QED) is 0.795. The highest BCUT2D eigenvalue weighted by molar-refractivity contribution is 6.10. The molecule has 2 amide bonds. The molecule has 1 aromatic heterocycles. The van der Waals surface area contributed by atoms with Gasteiger partial charge in [-0.15, -0.1) is 0 Å². The molecule has 0 bridgehead atoms. The highest BCUT2D eigenvalue weighted by Gasteiger charge is 2.41. The summed E-state index contributed by atoms with van der Waals surface area (Å²) >= 11 is 0. The lowest BCUT2D eigenvalue weighted by molar-refractivity contribution is -0.144. The molecule has 2 heterocycles. The first kappa shape index (κ1) is 19.5. The summed E-state index contributed by atoms with van der Waals surface area (Å²) in [6, 6.07) is 2.28. The first-order valence-corrected chi connectivity index (χ1v) is 8.39. The van der Waals surface area contributed by atoms with Crippen LogP contribution in [0, 0.1) is 0 Å². The number of aromatic nitrogens is 1. The monoisotopic (exact) mass is 364 g/mol. The van der Waals surface area contributed by atoms with Gasteiger partial charge in [-0.3, -0.25) is 9.59 Å². The fourth-order valence-electron chi connectivity index (χ4n) is 2.48. The van der Waals surface area contributed by atoms with Crippen LogP contribution in [0.15, 0.2) is 12.1 Å². The van der Waals surface area contributed by atoms with E-state index in [4.69, 9.17) is 9.47 Å². The van der Waals surface area contributed by atoms with Crippen LogP contribution in [0.2, 0.25) is 0 Å². The number of carbonyl (C=O) groups excluding carboxylic acids is 3. The molecule has 0 saturated carbocycles. The zero-order valence-electron chi connectivity index (χ0n) is 15.6. The number of amides is 2. The van der Waals surface area contributed by atoms with Gasteiger partial charge in [0.1, 0.15) is 11.9 Å². The maximum absolute atomic E-state index is 12.7. The Morgan fingerprint density at radius 1 is 1.35 bits per heavy atom. The van der Waals surface area contributed by atoms with Crippen molar-refractivity contribution >= 4 is 35.3 Å². The van der Waals surface area contributed by atoms with E-state index in [-0.39, 0.29) is 18.8 Å². The van der Waals surface area contributed by atoms with Crippen LogP contribution in [0.25, 0.3) is 0 Å². The molecule has 1 unspecified atom stereocenters. The van der Waals surface area contributed by atoms with Crippen molar-refractivity contribution in [3.63, 3.8) is 0 Å².